The molecule has 27 heavy (non-hydrogen) atoms. The predicted molar refractivity (Wildman–Crippen MR) is 109 cm³/mol. The van der Waals surface area contributed by atoms with Gasteiger partial charge in [-0.25, -0.2) is 4.98 Å². The number of amides is 1. The number of carbonyl (C=O) groups excluding carboxylic acids is 1. The number of nitrogens with zero attached hydrogens (tertiary/aromatic N) is 4. The number of phenolic OH excluding ortho intramolecular Hbond substituents is 1. The van der Waals surface area contributed by atoms with E-state index in [9.17, 15) is 9.90 Å². The summed E-state index contributed by atoms with van der Waals surface area (Å²) in [4.78, 5) is 16.7. The maximum Gasteiger partial charge on any atom is 0.234 e. The number of hydrogen-bond donors (Lipinski definition) is 2. The summed E-state index contributed by atoms with van der Waals surface area (Å²) in [5, 5.41) is 22.0. The highest BCUT2D eigenvalue weighted by Crippen LogP contribution is 2.28. The summed E-state index contributed by atoms with van der Waals surface area (Å²) >= 11 is 4.68. The van der Waals surface area contributed by atoms with Crippen LogP contribution in [0.3, 0.4) is 0 Å². The van der Waals surface area contributed by atoms with E-state index >= 15 is 0 Å². The van der Waals surface area contributed by atoms with Crippen LogP contribution in [0.4, 0.5) is 5.69 Å². The van der Waals surface area contributed by atoms with Gasteiger partial charge in [-0.15, -0.1) is 10.2 Å². The number of benzene rings is 2. The minimum Gasteiger partial charge on any atom is -0.508 e. The number of carbonyl (C=O) groups is 1. The molecule has 0 saturated heterocycles. The van der Waals surface area contributed by atoms with Crippen LogP contribution in [0.5, 0.6) is 5.75 Å². The van der Waals surface area contributed by atoms with Crippen LogP contribution in [0.1, 0.15) is 0 Å². The molecular weight excluding hydrogens is 430 g/mol. The Morgan fingerprint density at radius 1 is 1.26 bits per heavy atom. The molecule has 7 nitrogen and oxygen atoms in total. The Kier molecular flexibility index (Phi) is 4.71. The van der Waals surface area contributed by atoms with Gasteiger partial charge in [-0.2, -0.15) is 0 Å². The van der Waals surface area contributed by atoms with Gasteiger partial charge in [0.25, 0.3) is 0 Å². The van der Waals surface area contributed by atoms with Crippen LogP contribution in [-0.2, 0) is 11.8 Å². The van der Waals surface area contributed by atoms with Crippen molar-refractivity contribution in [3.05, 3.63) is 46.9 Å². The van der Waals surface area contributed by atoms with E-state index in [0.29, 0.717) is 16.5 Å². The summed E-state index contributed by atoms with van der Waals surface area (Å²) in [7, 11) is 1.93. The quantitative estimate of drug-likeness (QED) is 0.466. The lowest BCUT2D eigenvalue weighted by Crippen LogP contribution is -2.14. The zero-order valence-electron chi connectivity index (χ0n) is 14.2. The largest absolute Gasteiger partial charge is 0.508 e. The number of thioether (sulfide) groups is 1. The van der Waals surface area contributed by atoms with Crippen molar-refractivity contribution in [1.82, 2.24) is 19.7 Å². The number of phenols is 1. The number of nitrogens with one attached hydrogen (secondary N) is 1. The van der Waals surface area contributed by atoms with E-state index in [1.165, 1.54) is 17.8 Å². The number of hydrogen-bond acceptors (Lipinski definition) is 6. The fraction of sp³-hybridized carbons (Fsp3) is 0.111. The molecule has 4 aromatic rings. The van der Waals surface area contributed by atoms with Crippen LogP contribution in [0.25, 0.3) is 22.1 Å². The fourth-order valence-corrected chi connectivity index (χ4v) is 3.73. The molecule has 1 amide bonds. The zero-order chi connectivity index (χ0) is 19.0. The minimum absolute atomic E-state index is 0.0980. The molecule has 0 atom stereocenters. The van der Waals surface area contributed by atoms with Gasteiger partial charge in [0.05, 0.1) is 11.3 Å². The number of aryl methyl sites for hydroxylation is 1. The zero-order valence-corrected chi connectivity index (χ0v) is 16.6. The van der Waals surface area contributed by atoms with Crippen molar-refractivity contribution in [3.63, 3.8) is 0 Å². The highest BCUT2D eigenvalue weighted by atomic mass is 79.9. The van der Waals surface area contributed by atoms with Crippen molar-refractivity contribution < 1.29 is 9.90 Å². The molecule has 9 heteroatoms. The second-order valence-electron chi connectivity index (χ2n) is 5.87. The Labute approximate surface area is 166 Å². The van der Waals surface area contributed by atoms with Gasteiger partial charge in [0.2, 0.25) is 11.1 Å². The van der Waals surface area contributed by atoms with Gasteiger partial charge in [0.15, 0.2) is 5.65 Å². The van der Waals surface area contributed by atoms with Crippen LogP contribution >= 0.6 is 27.7 Å². The molecule has 0 unspecified atom stereocenters. The van der Waals surface area contributed by atoms with Crippen molar-refractivity contribution in [1.29, 1.82) is 0 Å². The normalized spacial score (nSPS) is 11.2. The number of halogens is 1. The summed E-state index contributed by atoms with van der Waals surface area (Å²) < 4.78 is 2.93. The third-order valence-electron chi connectivity index (χ3n) is 4.00. The summed E-state index contributed by atoms with van der Waals surface area (Å²) in [6, 6.07) is 12.4. The van der Waals surface area contributed by atoms with Crippen molar-refractivity contribution in [2.75, 3.05) is 11.1 Å². The van der Waals surface area contributed by atoms with Crippen LogP contribution in [0.15, 0.2) is 52.1 Å². The molecule has 2 aromatic carbocycles. The van der Waals surface area contributed by atoms with E-state index in [4.69, 9.17) is 0 Å². The summed E-state index contributed by atoms with van der Waals surface area (Å²) in [6.45, 7) is 0. The molecule has 0 aliphatic carbocycles. The smallest absolute Gasteiger partial charge is 0.234 e. The maximum atomic E-state index is 12.1. The third kappa shape index (κ3) is 3.60. The van der Waals surface area contributed by atoms with Gasteiger partial charge in [0, 0.05) is 28.7 Å². The van der Waals surface area contributed by atoms with Gasteiger partial charge in [-0.3, -0.25) is 4.79 Å². The summed E-state index contributed by atoms with van der Waals surface area (Å²) in [5.74, 6) is 0.0225. The van der Waals surface area contributed by atoms with E-state index in [-0.39, 0.29) is 17.4 Å². The molecule has 0 bridgehead atoms. The molecule has 136 valence electrons. The molecule has 0 saturated carbocycles. The van der Waals surface area contributed by atoms with Crippen molar-refractivity contribution >= 4 is 61.4 Å². The Morgan fingerprint density at radius 3 is 2.93 bits per heavy atom. The molecule has 2 aromatic heterocycles. The number of aromatic hydroxyl groups is 1. The number of rotatable bonds is 4. The summed E-state index contributed by atoms with van der Waals surface area (Å²) in [6.07, 6.45) is 0. The first-order chi connectivity index (χ1) is 13.0. The SMILES string of the molecule is Cn1c2ccc(Br)cc2c2nnc(SCC(=O)Nc3cccc(O)c3)nc21. The van der Waals surface area contributed by atoms with Crippen LogP contribution in [0.2, 0.25) is 0 Å². The van der Waals surface area contributed by atoms with Gasteiger partial charge >= 0.3 is 0 Å². The molecule has 2 heterocycles. The highest BCUT2D eigenvalue weighted by molar-refractivity contribution is 9.10. The molecule has 0 spiro atoms. The number of aromatic nitrogens is 4. The number of fused-ring (bicyclic) bond motifs is 3. The molecule has 0 aliphatic rings. The van der Waals surface area contributed by atoms with Crippen LogP contribution in [0, 0.1) is 0 Å². The van der Waals surface area contributed by atoms with Crippen molar-refractivity contribution in [2.24, 2.45) is 7.05 Å². The average molecular weight is 444 g/mol. The first-order valence-corrected chi connectivity index (χ1v) is 9.79. The average Bonchev–Trinajstić information content (AvgIpc) is 2.91. The Morgan fingerprint density at radius 2 is 2.11 bits per heavy atom. The van der Waals surface area contributed by atoms with E-state index in [0.717, 1.165) is 20.9 Å². The maximum absolute atomic E-state index is 12.1. The Bertz CT molecular complexity index is 1180. The van der Waals surface area contributed by atoms with Gasteiger partial charge in [-0.05, 0) is 30.3 Å². The standard InChI is InChI=1S/C18H14BrN5O2S/c1-24-14-6-5-10(19)7-13(14)16-17(24)21-18(23-22-16)27-9-15(26)20-11-3-2-4-12(25)8-11/h2-8,25H,9H2,1H3,(H,20,26). The van der Waals surface area contributed by atoms with E-state index in [2.05, 4.69) is 36.4 Å². The highest BCUT2D eigenvalue weighted by Gasteiger charge is 2.14. The van der Waals surface area contributed by atoms with Crippen molar-refractivity contribution in [2.45, 2.75) is 5.16 Å². The van der Waals surface area contributed by atoms with E-state index in [1.54, 1.807) is 18.2 Å². The van der Waals surface area contributed by atoms with E-state index < -0.39 is 0 Å². The third-order valence-corrected chi connectivity index (χ3v) is 5.33. The topological polar surface area (TPSA) is 92.9 Å². The second-order valence-corrected chi connectivity index (χ2v) is 7.73. The Balaban J connectivity index is 1.53. The molecule has 0 radical (unpaired) electrons. The minimum atomic E-state index is -0.213. The second kappa shape index (κ2) is 7.16. The lowest BCUT2D eigenvalue weighted by molar-refractivity contribution is -0.113. The molecule has 2 N–H and O–H groups in total. The van der Waals surface area contributed by atoms with Gasteiger partial charge in [-0.1, -0.05) is 33.8 Å². The monoisotopic (exact) mass is 443 g/mol. The van der Waals surface area contributed by atoms with Crippen molar-refractivity contribution in [3.8, 4) is 5.75 Å². The summed E-state index contributed by atoms with van der Waals surface area (Å²) in [5.41, 5.74) is 2.99. The lowest BCUT2D eigenvalue weighted by atomic mass is 10.2. The predicted octanol–water partition coefficient (Wildman–Crippen LogP) is 3.72. The van der Waals surface area contributed by atoms with Gasteiger partial charge < -0.3 is 15.0 Å². The number of anilines is 1. The van der Waals surface area contributed by atoms with Crippen LogP contribution in [-0.4, -0.2) is 36.5 Å². The first-order valence-electron chi connectivity index (χ1n) is 8.01. The lowest BCUT2D eigenvalue weighted by Gasteiger charge is -2.05. The molecule has 0 fully saturated rings. The van der Waals surface area contributed by atoms with E-state index in [1.807, 2.05) is 29.8 Å². The molecule has 4 rings (SSSR count). The first kappa shape index (κ1) is 17.7. The van der Waals surface area contributed by atoms with Gasteiger partial charge in [0.1, 0.15) is 11.3 Å². The molecular formula is C18H14BrN5O2S. The Hall–Kier alpha value is -2.65. The molecule has 0 aliphatic heterocycles. The van der Waals surface area contributed by atoms with Crippen LogP contribution < -0.4 is 5.32 Å². The fourth-order valence-electron chi connectivity index (χ4n) is 2.79.